The molecule has 1 aromatic carbocycles. The minimum Gasteiger partial charge on any atom is -0.477 e. The molecule has 1 amide bonds. The van der Waals surface area contributed by atoms with Gasteiger partial charge in [0.2, 0.25) is 0 Å². The fourth-order valence-corrected chi connectivity index (χ4v) is 1.31. The summed E-state index contributed by atoms with van der Waals surface area (Å²) in [4.78, 5) is 10.9. The predicted octanol–water partition coefficient (Wildman–Crippen LogP) is 0.166. The van der Waals surface area contributed by atoms with Crippen LogP contribution in [0.1, 0.15) is 10.4 Å². The first kappa shape index (κ1) is 11.5. The minimum atomic E-state index is -3.24. The summed E-state index contributed by atoms with van der Waals surface area (Å²) in [6.07, 6.45) is 1.04. The molecule has 0 unspecified atom stereocenters. The van der Waals surface area contributed by atoms with Crippen molar-refractivity contribution in [3.8, 4) is 5.75 Å². The molecule has 82 valence electrons. The largest absolute Gasteiger partial charge is 0.477 e. The Balaban J connectivity index is 2.90. The van der Waals surface area contributed by atoms with E-state index in [2.05, 4.69) is 0 Å². The van der Waals surface area contributed by atoms with E-state index in [1.807, 2.05) is 0 Å². The van der Waals surface area contributed by atoms with Crippen LogP contribution in [0.4, 0.5) is 0 Å². The number of nitrogens with two attached hydrogens (primary N) is 1. The van der Waals surface area contributed by atoms with E-state index in [9.17, 15) is 13.2 Å². The maximum atomic E-state index is 10.9. The molecule has 0 aliphatic carbocycles. The summed E-state index contributed by atoms with van der Waals surface area (Å²) in [6, 6.07) is 6.21. The van der Waals surface area contributed by atoms with Gasteiger partial charge in [-0.2, -0.15) is 0 Å². The van der Waals surface area contributed by atoms with E-state index in [0.717, 1.165) is 6.26 Å². The first-order valence-corrected chi connectivity index (χ1v) is 6.15. The van der Waals surface area contributed by atoms with Gasteiger partial charge in [-0.15, -0.1) is 0 Å². The molecule has 0 aromatic heterocycles. The molecule has 0 heterocycles. The number of hydrogen-bond donors (Lipinski definition) is 1. The molecule has 0 aliphatic rings. The van der Waals surface area contributed by atoms with Crippen molar-refractivity contribution in [2.45, 2.75) is 0 Å². The molecule has 6 heteroatoms. The number of amides is 1. The third kappa shape index (κ3) is 3.59. The van der Waals surface area contributed by atoms with Crippen LogP contribution in [-0.4, -0.2) is 26.5 Å². The van der Waals surface area contributed by atoms with Crippen LogP contribution in [-0.2, 0) is 9.84 Å². The quantitative estimate of drug-likeness (QED) is 0.797. The minimum absolute atomic E-state index is 0.168. The van der Waals surface area contributed by atoms with E-state index >= 15 is 0 Å². The second-order valence-electron chi connectivity index (χ2n) is 3.05. The van der Waals surface area contributed by atoms with Gasteiger partial charge < -0.3 is 10.5 Å². The van der Waals surface area contributed by atoms with E-state index in [-0.39, 0.29) is 11.3 Å². The van der Waals surface area contributed by atoms with Crippen LogP contribution in [0.2, 0.25) is 0 Å². The average Bonchev–Trinajstić information content (AvgIpc) is 2.14. The zero-order valence-electron chi connectivity index (χ0n) is 8.14. The van der Waals surface area contributed by atoms with Crippen LogP contribution in [0.5, 0.6) is 5.75 Å². The van der Waals surface area contributed by atoms with Crippen LogP contribution in [0, 0.1) is 0 Å². The van der Waals surface area contributed by atoms with Crippen molar-refractivity contribution < 1.29 is 17.9 Å². The summed E-state index contributed by atoms with van der Waals surface area (Å²) in [5.41, 5.74) is 5.25. The molecule has 0 radical (unpaired) electrons. The van der Waals surface area contributed by atoms with E-state index < -0.39 is 21.7 Å². The molecule has 0 bridgehead atoms. The molecule has 0 fully saturated rings. The van der Waals surface area contributed by atoms with Gasteiger partial charge >= 0.3 is 0 Å². The van der Waals surface area contributed by atoms with Gasteiger partial charge in [-0.3, -0.25) is 4.79 Å². The number of hydrogen-bond acceptors (Lipinski definition) is 4. The van der Waals surface area contributed by atoms with Crippen molar-refractivity contribution in [1.82, 2.24) is 0 Å². The van der Waals surface area contributed by atoms with Gasteiger partial charge in [-0.05, 0) is 12.1 Å². The third-order valence-electron chi connectivity index (χ3n) is 1.58. The van der Waals surface area contributed by atoms with Gasteiger partial charge in [0.25, 0.3) is 5.91 Å². The van der Waals surface area contributed by atoms with E-state index in [1.165, 1.54) is 12.1 Å². The van der Waals surface area contributed by atoms with Crippen LogP contribution in [0.15, 0.2) is 24.3 Å². The molecule has 1 aromatic rings. The Kier molecular flexibility index (Phi) is 3.31. The molecular weight excluding hydrogens is 218 g/mol. The molecule has 15 heavy (non-hydrogen) atoms. The van der Waals surface area contributed by atoms with Crippen molar-refractivity contribution in [2.24, 2.45) is 5.73 Å². The molecule has 0 atom stereocenters. The Hall–Kier alpha value is -1.56. The second kappa shape index (κ2) is 4.31. The summed E-state index contributed by atoms with van der Waals surface area (Å²) in [5, 5.41) is 0. The molecule has 0 aliphatic heterocycles. The number of sulfone groups is 1. The van der Waals surface area contributed by atoms with Crippen molar-refractivity contribution in [3.63, 3.8) is 0 Å². The number of primary amides is 1. The third-order valence-corrected chi connectivity index (χ3v) is 2.13. The number of benzene rings is 1. The van der Waals surface area contributed by atoms with E-state index in [0.29, 0.717) is 0 Å². The molecular formula is C9H11NO4S. The number of rotatable bonds is 4. The fraction of sp³-hybridized carbons (Fsp3) is 0.222. The highest BCUT2D eigenvalue weighted by atomic mass is 32.2. The lowest BCUT2D eigenvalue weighted by molar-refractivity contribution is 0.0997. The van der Waals surface area contributed by atoms with Gasteiger partial charge in [-0.1, -0.05) is 12.1 Å². The van der Waals surface area contributed by atoms with Crippen LogP contribution in [0.25, 0.3) is 0 Å². The number of carbonyl (C=O) groups excluding carboxylic acids is 1. The van der Waals surface area contributed by atoms with Crippen LogP contribution < -0.4 is 10.5 Å². The fourth-order valence-electron chi connectivity index (χ4n) is 0.967. The monoisotopic (exact) mass is 229 g/mol. The molecule has 0 saturated heterocycles. The van der Waals surface area contributed by atoms with Gasteiger partial charge in [0, 0.05) is 6.26 Å². The first-order valence-electron chi connectivity index (χ1n) is 4.09. The maximum absolute atomic E-state index is 10.9. The Labute approximate surface area is 87.8 Å². The molecule has 1 rings (SSSR count). The Morgan fingerprint density at radius 3 is 2.53 bits per heavy atom. The van der Waals surface area contributed by atoms with Crippen molar-refractivity contribution in [3.05, 3.63) is 29.8 Å². The number of ether oxygens (including phenoxy) is 1. The SMILES string of the molecule is CS(=O)(=O)COc1ccccc1C(N)=O. The van der Waals surface area contributed by atoms with Crippen LogP contribution >= 0.6 is 0 Å². The maximum Gasteiger partial charge on any atom is 0.252 e. The van der Waals surface area contributed by atoms with E-state index in [4.69, 9.17) is 10.5 Å². The van der Waals surface area contributed by atoms with Gasteiger partial charge in [-0.25, -0.2) is 8.42 Å². The molecule has 5 nitrogen and oxygen atoms in total. The average molecular weight is 229 g/mol. The zero-order valence-corrected chi connectivity index (χ0v) is 8.95. The topological polar surface area (TPSA) is 86.5 Å². The van der Waals surface area contributed by atoms with Crippen LogP contribution in [0.3, 0.4) is 0 Å². The van der Waals surface area contributed by atoms with Crippen molar-refractivity contribution in [1.29, 1.82) is 0 Å². The number of carbonyl (C=O) groups is 1. The lowest BCUT2D eigenvalue weighted by atomic mass is 10.2. The summed E-state index contributed by atoms with van der Waals surface area (Å²) in [5.74, 6) is -0.952. The Morgan fingerprint density at radius 1 is 1.40 bits per heavy atom. The summed E-state index contributed by atoms with van der Waals surface area (Å²) in [7, 11) is -3.24. The lowest BCUT2D eigenvalue weighted by Crippen LogP contribution is -2.15. The van der Waals surface area contributed by atoms with Gasteiger partial charge in [0.05, 0.1) is 5.56 Å². The Morgan fingerprint density at radius 2 is 2.00 bits per heavy atom. The summed E-state index contributed by atoms with van der Waals surface area (Å²) in [6.45, 7) is 0. The van der Waals surface area contributed by atoms with Gasteiger partial charge in [0.15, 0.2) is 15.8 Å². The lowest BCUT2D eigenvalue weighted by Gasteiger charge is -2.07. The highest BCUT2D eigenvalue weighted by Crippen LogP contribution is 2.17. The second-order valence-corrected chi connectivity index (χ2v) is 5.14. The highest BCUT2D eigenvalue weighted by molar-refractivity contribution is 7.90. The van der Waals surface area contributed by atoms with Crippen molar-refractivity contribution >= 4 is 15.7 Å². The standard InChI is InChI=1S/C9H11NO4S/c1-15(12,13)6-14-8-5-3-2-4-7(8)9(10)11/h2-5H,6H2,1H3,(H2,10,11). The molecule has 0 saturated carbocycles. The van der Waals surface area contributed by atoms with Crippen molar-refractivity contribution in [2.75, 3.05) is 12.2 Å². The molecule has 2 N–H and O–H groups in total. The predicted molar refractivity (Wildman–Crippen MR) is 55.3 cm³/mol. The van der Waals surface area contributed by atoms with E-state index in [1.54, 1.807) is 12.1 Å². The summed E-state index contributed by atoms with van der Waals surface area (Å²) >= 11 is 0. The first-order chi connectivity index (χ1) is 6.90. The number of para-hydroxylation sites is 1. The Bertz CT molecular complexity index is 467. The zero-order chi connectivity index (χ0) is 11.5. The normalized spacial score (nSPS) is 11.0. The molecule has 0 spiro atoms. The summed E-state index contributed by atoms with van der Waals surface area (Å²) < 4.78 is 26.7. The highest BCUT2D eigenvalue weighted by Gasteiger charge is 2.10. The van der Waals surface area contributed by atoms with Gasteiger partial charge in [0.1, 0.15) is 5.75 Å². The smallest absolute Gasteiger partial charge is 0.252 e.